The summed E-state index contributed by atoms with van der Waals surface area (Å²) in [6, 6.07) is 7.42. The number of nitro benzene ring substituents is 1. The first-order valence-electron chi connectivity index (χ1n) is 6.23. The Morgan fingerprint density at radius 2 is 2.10 bits per heavy atom. The zero-order chi connectivity index (χ0) is 15.4. The first-order chi connectivity index (χ1) is 10.0. The van der Waals surface area contributed by atoms with Crippen LogP contribution in [-0.2, 0) is 0 Å². The van der Waals surface area contributed by atoms with E-state index in [0.29, 0.717) is 11.6 Å². The van der Waals surface area contributed by atoms with Gasteiger partial charge in [-0.25, -0.2) is 4.98 Å². The topological polar surface area (TPSA) is 101 Å². The molecule has 0 aliphatic heterocycles. The predicted octanol–water partition coefficient (Wildman–Crippen LogP) is 2.81. The minimum Gasteiger partial charge on any atom is -0.493 e. The molecule has 7 heteroatoms. The number of non-ortho nitro benzene ring substituents is 1. The molecule has 21 heavy (non-hydrogen) atoms. The van der Waals surface area contributed by atoms with E-state index in [2.05, 4.69) is 4.98 Å². The van der Waals surface area contributed by atoms with E-state index in [1.807, 2.05) is 13.0 Å². The summed E-state index contributed by atoms with van der Waals surface area (Å²) in [6.45, 7) is 1.82. The first-order valence-corrected chi connectivity index (χ1v) is 6.23. The monoisotopic (exact) mass is 289 g/mol. The molecule has 0 spiro atoms. The molecule has 0 bridgehead atoms. The van der Waals surface area contributed by atoms with E-state index < -0.39 is 4.92 Å². The van der Waals surface area contributed by atoms with Crippen LogP contribution in [-0.4, -0.2) is 17.0 Å². The molecule has 7 nitrogen and oxygen atoms in total. The highest BCUT2D eigenvalue weighted by atomic mass is 16.6. The van der Waals surface area contributed by atoms with Gasteiger partial charge in [0.25, 0.3) is 5.69 Å². The summed E-state index contributed by atoms with van der Waals surface area (Å²) >= 11 is 0. The smallest absolute Gasteiger partial charge is 0.273 e. The van der Waals surface area contributed by atoms with E-state index in [1.165, 1.54) is 25.3 Å². The van der Waals surface area contributed by atoms with Crippen LogP contribution in [0.15, 0.2) is 36.5 Å². The lowest BCUT2D eigenvalue weighted by Gasteiger charge is -2.14. The van der Waals surface area contributed by atoms with Crippen molar-refractivity contribution in [3.63, 3.8) is 0 Å². The van der Waals surface area contributed by atoms with Crippen LogP contribution < -0.4 is 15.2 Å². The first kappa shape index (κ1) is 14.7. The van der Waals surface area contributed by atoms with Crippen molar-refractivity contribution in [2.45, 2.75) is 13.0 Å². The van der Waals surface area contributed by atoms with Gasteiger partial charge in [-0.1, -0.05) is 6.07 Å². The number of hydrogen-bond acceptors (Lipinski definition) is 6. The molecule has 0 unspecified atom stereocenters. The van der Waals surface area contributed by atoms with Crippen molar-refractivity contribution in [2.75, 3.05) is 7.11 Å². The van der Waals surface area contributed by atoms with Gasteiger partial charge in [-0.15, -0.1) is 0 Å². The summed E-state index contributed by atoms with van der Waals surface area (Å²) in [5.41, 5.74) is 6.52. The fourth-order valence-electron chi connectivity index (χ4n) is 1.79. The number of aromatic nitrogens is 1. The summed E-state index contributed by atoms with van der Waals surface area (Å²) in [4.78, 5) is 14.4. The van der Waals surface area contributed by atoms with E-state index in [-0.39, 0.29) is 17.5 Å². The number of nitrogens with two attached hydrogens (primary N) is 1. The number of ether oxygens (including phenoxy) is 2. The second-order valence-corrected chi connectivity index (χ2v) is 4.38. The van der Waals surface area contributed by atoms with Crippen LogP contribution in [0.2, 0.25) is 0 Å². The minimum atomic E-state index is -0.500. The lowest BCUT2D eigenvalue weighted by atomic mass is 10.1. The van der Waals surface area contributed by atoms with Gasteiger partial charge in [0.2, 0.25) is 5.88 Å². The Morgan fingerprint density at radius 1 is 1.33 bits per heavy atom. The van der Waals surface area contributed by atoms with Gasteiger partial charge in [0.15, 0.2) is 11.5 Å². The Morgan fingerprint density at radius 3 is 2.71 bits per heavy atom. The molecule has 1 heterocycles. The average Bonchev–Trinajstić information content (AvgIpc) is 2.47. The molecule has 2 aromatic rings. The third kappa shape index (κ3) is 3.26. The lowest BCUT2D eigenvalue weighted by molar-refractivity contribution is -0.384. The van der Waals surface area contributed by atoms with Crippen LogP contribution in [0.3, 0.4) is 0 Å². The summed E-state index contributed by atoms with van der Waals surface area (Å²) in [7, 11) is 1.41. The molecular weight excluding hydrogens is 274 g/mol. The molecule has 1 aromatic heterocycles. The maximum Gasteiger partial charge on any atom is 0.273 e. The van der Waals surface area contributed by atoms with Crippen molar-refractivity contribution in [1.82, 2.24) is 4.98 Å². The van der Waals surface area contributed by atoms with Gasteiger partial charge in [0, 0.05) is 23.9 Å². The molecule has 1 atom stereocenters. The van der Waals surface area contributed by atoms with Gasteiger partial charge in [0.05, 0.1) is 18.1 Å². The summed E-state index contributed by atoms with van der Waals surface area (Å²) < 4.78 is 10.8. The predicted molar refractivity (Wildman–Crippen MR) is 76.6 cm³/mol. The standard InChI is InChI=1S/C14H15N3O4/c1-9(15)11-4-3-7-16-14(11)21-12-6-5-10(17(18)19)8-13(12)20-2/h3-9H,15H2,1-2H3/t9-/m1/s1. The summed E-state index contributed by atoms with van der Waals surface area (Å²) in [5.74, 6) is 0.939. The van der Waals surface area contributed by atoms with Crippen LogP contribution in [0.4, 0.5) is 5.69 Å². The SMILES string of the molecule is COc1cc([N+](=O)[O-])ccc1Oc1ncccc1[C@@H](C)N. The molecule has 0 aliphatic carbocycles. The summed E-state index contributed by atoms with van der Waals surface area (Å²) in [6.07, 6.45) is 1.58. The zero-order valence-electron chi connectivity index (χ0n) is 11.6. The zero-order valence-corrected chi connectivity index (χ0v) is 11.6. The highest BCUT2D eigenvalue weighted by Gasteiger charge is 2.16. The average molecular weight is 289 g/mol. The fraction of sp³-hybridized carbons (Fsp3) is 0.214. The minimum absolute atomic E-state index is 0.0763. The van der Waals surface area contributed by atoms with E-state index in [0.717, 1.165) is 5.56 Å². The van der Waals surface area contributed by atoms with Crippen molar-refractivity contribution >= 4 is 5.69 Å². The van der Waals surface area contributed by atoms with E-state index >= 15 is 0 Å². The number of hydrogen-bond donors (Lipinski definition) is 1. The maximum absolute atomic E-state index is 10.8. The molecule has 2 rings (SSSR count). The largest absolute Gasteiger partial charge is 0.493 e. The quantitative estimate of drug-likeness (QED) is 0.671. The second-order valence-electron chi connectivity index (χ2n) is 4.38. The fourth-order valence-corrected chi connectivity index (χ4v) is 1.79. The number of rotatable bonds is 5. The van der Waals surface area contributed by atoms with Gasteiger partial charge >= 0.3 is 0 Å². The second kappa shape index (κ2) is 6.19. The number of benzene rings is 1. The highest BCUT2D eigenvalue weighted by molar-refractivity contribution is 5.50. The molecule has 110 valence electrons. The number of pyridine rings is 1. The van der Waals surface area contributed by atoms with Crippen LogP contribution in [0.25, 0.3) is 0 Å². The van der Waals surface area contributed by atoms with Gasteiger partial charge in [-0.05, 0) is 19.1 Å². The van der Waals surface area contributed by atoms with Crippen molar-refractivity contribution in [3.05, 3.63) is 52.2 Å². The van der Waals surface area contributed by atoms with Crippen LogP contribution >= 0.6 is 0 Å². The van der Waals surface area contributed by atoms with Crippen LogP contribution in [0.1, 0.15) is 18.5 Å². The Kier molecular flexibility index (Phi) is 4.34. The third-order valence-corrected chi connectivity index (χ3v) is 2.86. The molecular formula is C14H15N3O4. The molecule has 0 fully saturated rings. The van der Waals surface area contributed by atoms with Crippen LogP contribution in [0.5, 0.6) is 17.4 Å². The van der Waals surface area contributed by atoms with Crippen molar-refractivity contribution < 1.29 is 14.4 Å². The number of nitro groups is 1. The Hall–Kier alpha value is -2.67. The lowest BCUT2D eigenvalue weighted by Crippen LogP contribution is -2.07. The van der Waals surface area contributed by atoms with Crippen molar-refractivity contribution in [2.24, 2.45) is 5.73 Å². The van der Waals surface area contributed by atoms with Crippen molar-refractivity contribution in [1.29, 1.82) is 0 Å². The Balaban J connectivity index is 2.38. The van der Waals surface area contributed by atoms with Crippen molar-refractivity contribution in [3.8, 4) is 17.4 Å². The molecule has 1 aromatic carbocycles. The maximum atomic E-state index is 10.8. The van der Waals surface area contributed by atoms with Gasteiger partial charge in [0.1, 0.15) is 0 Å². The van der Waals surface area contributed by atoms with Gasteiger partial charge in [-0.3, -0.25) is 10.1 Å². The van der Waals surface area contributed by atoms with E-state index in [9.17, 15) is 10.1 Å². The number of methoxy groups -OCH3 is 1. The molecule has 0 radical (unpaired) electrons. The third-order valence-electron chi connectivity index (χ3n) is 2.86. The highest BCUT2D eigenvalue weighted by Crippen LogP contribution is 2.35. The summed E-state index contributed by atoms with van der Waals surface area (Å²) in [5, 5.41) is 10.8. The Labute approximate surface area is 121 Å². The molecule has 0 saturated heterocycles. The normalized spacial score (nSPS) is 11.8. The number of nitrogens with zero attached hydrogens (tertiary/aromatic N) is 2. The van der Waals surface area contributed by atoms with Gasteiger partial charge < -0.3 is 15.2 Å². The van der Waals surface area contributed by atoms with E-state index in [1.54, 1.807) is 12.3 Å². The molecule has 0 saturated carbocycles. The molecule has 0 aliphatic rings. The molecule has 2 N–H and O–H groups in total. The van der Waals surface area contributed by atoms with E-state index in [4.69, 9.17) is 15.2 Å². The van der Waals surface area contributed by atoms with Crippen LogP contribution in [0, 0.1) is 10.1 Å². The molecule has 0 amide bonds. The van der Waals surface area contributed by atoms with Gasteiger partial charge in [-0.2, -0.15) is 0 Å². The Bertz CT molecular complexity index is 658.